The molecule has 0 atom stereocenters. The van der Waals surface area contributed by atoms with Crippen molar-refractivity contribution in [2.75, 3.05) is 6.54 Å². The van der Waals surface area contributed by atoms with Crippen molar-refractivity contribution in [1.29, 1.82) is 0 Å². The molecule has 11 heavy (non-hydrogen) atoms. The number of hydrogen-bond acceptors (Lipinski definition) is 1. The SMILES string of the molecule is CC1=C2CC=CCC2=NCC1. The highest BCUT2D eigenvalue weighted by atomic mass is 14.7. The second-order valence-electron chi connectivity index (χ2n) is 3.22. The summed E-state index contributed by atoms with van der Waals surface area (Å²) in [4.78, 5) is 4.51. The summed E-state index contributed by atoms with van der Waals surface area (Å²) in [5.41, 5.74) is 4.41. The van der Waals surface area contributed by atoms with Gasteiger partial charge >= 0.3 is 0 Å². The van der Waals surface area contributed by atoms with Gasteiger partial charge in [0.15, 0.2) is 0 Å². The number of allylic oxidation sites excluding steroid dienone is 3. The van der Waals surface area contributed by atoms with Crippen LogP contribution in [0.2, 0.25) is 0 Å². The second-order valence-corrected chi connectivity index (χ2v) is 3.22. The van der Waals surface area contributed by atoms with Gasteiger partial charge in [-0.05, 0) is 25.3 Å². The summed E-state index contributed by atoms with van der Waals surface area (Å²) < 4.78 is 0. The Morgan fingerprint density at radius 1 is 1.27 bits per heavy atom. The molecule has 0 amide bonds. The summed E-state index contributed by atoms with van der Waals surface area (Å²) in [5.74, 6) is 0. The lowest BCUT2D eigenvalue weighted by atomic mass is 9.91. The van der Waals surface area contributed by atoms with E-state index in [2.05, 4.69) is 24.1 Å². The van der Waals surface area contributed by atoms with Crippen molar-refractivity contribution in [3.63, 3.8) is 0 Å². The van der Waals surface area contributed by atoms with Gasteiger partial charge in [0.1, 0.15) is 0 Å². The molecule has 2 rings (SSSR count). The molecule has 0 aromatic heterocycles. The number of nitrogens with zero attached hydrogens (tertiary/aromatic N) is 1. The maximum atomic E-state index is 4.51. The van der Waals surface area contributed by atoms with Crippen LogP contribution in [0.1, 0.15) is 26.2 Å². The van der Waals surface area contributed by atoms with E-state index in [1.54, 1.807) is 5.57 Å². The third-order valence-electron chi connectivity index (χ3n) is 2.45. The Labute approximate surface area is 67.5 Å². The van der Waals surface area contributed by atoms with Crippen LogP contribution >= 0.6 is 0 Å². The van der Waals surface area contributed by atoms with Crippen LogP contribution in [-0.2, 0) is 0 Å². The van der Waals surface area contributed by atoms with Crippen LogP contribution in [-0.4, -0.2) is 12.3 Å². The lowest BCUT2D eigenvalue weighted by molar-refractivity contribution is 0.895. The Morgan fingerprint density at radius 3 is 2.91 bits per heavy atom. The van der Waals surface area contributed by atoms with Crippen LogP contribution in [0.15, 0.2) is 28.3 Å². The molecule has 1 aliphatic heterocycles. The Balaban J connectivity index is 2.38. The monoisotopic (exact) mass is 147 g/mol. The van der Waals surface area contributed by atoms with Gasteiger partial charge in [0.2, 0.25) is 0 Å². The van der Waals surface area contributed by atoms with E-state index < -0.39 is 0 Å². The van der Waals surface area contributed by atoms with E-state index in [0.29, 0.717) is 0 Å². The molecule has 58 valence electrons. The molecule has 1 heteroatoms. The minimum Gasteiger partial charge on any atom is -0.289 e. The molecule has 0 N–H and O–H groups in total. The highest BCUT2D eigenvalue weighted by molar-refractivity contribution is 6.03. The molecule has 0 aromatic carbocycles. The highest BCUT2D eigenvalue weighted by Crippen LogP contribution is 2.24. The molecular formula is C10H13N. The maximum absolute atomic E-state index is 4.51. The van der Waals surface area contributed by atoms with Crippen molar-refractivity contribution < 1.29 is 0 Å². The summed E-state index contributed by atoms with van der Waals surface area (Å²) in [7, 11) is 0. The second kappa shape index (κ2) is 2.65. The summed E-state index contributed by atoms with van der Waals surface area (Å²) in [6, 6.07) is 0. The van der Waals surface area contributed by atoms with Crippen molar-refractivity contribution >= 4 is 5.71 Å². The number of hydrogen-bond donors (Lipinski definition) is 0. The van der Waals surface area contributed by atoms with Crippen molar-refractivity contribution in [3.8, 4) is 0 Å². The van der Waals surface area contributed by atoms with Crippen molar-refractivity contribution in [2.24, 2.45) is 4.99 Å². The van der Waals surface area contributed by atoms with E-state index in [9.17, 15) is 0 Å². The Kier molecular flexibility index (Phi) is 1.65. The minimum absolute atomic E-state index is 1.01. The fourth-order valence-corrected chi connectivity index (χ4v) is 1.73. The average molecular weight is 147 g/mol. The van der Waals surface area contributed by atoms with E-state index >= 15 is 0 Å². The standard InChI is InChI=1S/C10H13N/c1-8-6-7-11-10-5-3-2-4-9(8)10/h2-3H,4-7H2,1H3. The van der Waals surface area contributed by atoms with Crippen LogP contribution in [0, 0.1) is 0 Å². The normalized spacial score (nSPS) is 23.2. The lowest BCUT2D eigenvalue weighted by Gasteiger charge is -2.19. The van der Waals surface area contributed by atoms with Crippen molar-refractivity contribution in [1.82, 2.24) is 0 Å². The van der Waals surface area contributed by atoms with Crippen LogP contribution < -0.4 is 0 Å². The number of rotatable bonds is 0. The van der Waals surface area contributed by atoms with Gasteiger partial charge in [-0.25, -0.2) is 0 Å². The highest BCUT2D eigenvalue weighted by Gasteiger charge is 2.14. The number of aliphatic imine (C=N–C) groups is 1. The molecule has 0 fully saturated rings. The Bertz CT molecular complexity index is 256. The zero-order valence-electron chi connectivity index (χ0n) is 6.93. The van der Waals surface area contributed by atoms with E-state index in [4.69, 9.17) is 0 Å². The van der Waals surface area contributed by atoms with Gasteiger partial charge in [-0.15, -0.1) is 0 Å². The lowest BCUT2D eigenvalue weighted by Crippen LogP contribution is -2.12. The summed E-state index contributed by atoms with van der Waals surface area (Å²) in [5, 5.41) is 0. The molecule has 1 nitrogen and oxygen atoms in total. The molecule has 1 heterocycles. The largest absolute Gasteiger partial charge is 0.289 e. The van der Waals surface area contributed by atoms with E-state index in [1.807, 2.05) is 0 Å². The van der Waals surface area contributed by atoms with Crippen LogP contribution in [0.5, 0.6) is 0 Å². The quantitative estimate of drug-likeness (QED) is 0.467. The average Bonchev–Trinajstić information content (AvgIpc) is 2.06. The van der Waals surface area contributed by atoms with E-state index in [1.165, 1.54) is 17.7 Å². The third-order valence-corrected chi connectivity index (χ3v) is 2.45. The Morgan fingerprint density at radius 2 is 2.09 bits per heavy atom. The molecular weight excluding hydrogens is 134 g/mol. The molecule has 0 saturated heterocycles. The van der Waals surface area contributed by atoms with Gasteiger partial charge in [0.05, 0.1) is 0 Å². The van der Waals surface area contributed by atoms with Crippen molar-refractivity contribution in [2.45, 2.75) is 26.2 Å². The summed E-state index contributed by atoms with van der Waals surface area (Å²) in [6.07, 6.45) is 7.83. The van der Waals surface area contributed by atoms with Gasteiger partial charge in [0, 0.05) is 18.7 Å². The van der Waals surface area contributed by atoms with Gasteiger partial charge in [-0.1, -0.05) is 17.7 Å². The van der Waals surface area contributed by atoms with Gasteiger partial charge in [0.25, 0.3) is 0 Å². The minimum atomic E-state index is 1.01. The van der Waals surface area contributed by atoms with Crippen LogP contribution in [0.3, 0.4) is 0 Å². The molecule has 0 bridgehead atoms. The van der Waals surface area contributed by atoms with E-state index in [0.717, 1.165) is 19.4 Å². The predicted octanol–water partition coefficient (Wildman–Crippen LogP) is 2.50. The zero-order valence-corrected chi connectivity index (χ0v) is 6.93. The topological polar surface area (TPSA) is 12.4 Å². The maximum Gasteiger partial charge on any atom is 0.0430 e. The Hall–Kier alpha value is -0.850. The molecule has 0 unspecified atom stereocenters. The molecule has 0 radical (unpaired) electrons. The first kappa shape index (κ1) is 6.84. The molecule has 1 aliphatic carbocycles. The molecule has 0 spiro atoms. The summed E-state index contributed by atoms with van der Waals surface area (Å²) in [6.45, 7) is 3.25. The third kappa shape index (κ3) is 1.15. The number of fused-ring (bicyclic) bond motifs is 1. The van der Waals surface area contributed by atoms with Gasteiger partial charge < -0.3 is 0 Å². The van der Waals surface area contributed by atoms with Gasteiger partial charge in [-0.2, -0.15) is 0 Å². The zero-order chi connectivity index (χ0) is 7.68. The number of dihydropyridines is 1. The predicted molar refractivity (Wildman–Crippen MR) is 48.0 cm³/mol. The van der Waals surface area contributed by atoms with Crippen LogP contribution in [0.4, 0.5) is 0 Å². The van der Waals surface area contributed by atoms with E-state index in [-0.39, 0.29) is 0 Å². The first-order valence-electron chi connectivity index (χ1n) is 4.25. The van der Waals surface area contributed by atoms with Crippen molar-refractivity contribution in [3.05, 3.63) is 23.3 Å². The first-order valence-corrected chi connectivity index (χ1v) is 4.25. The van der Waals surface area contributed by atoms with Crippen LogP contribution in [0.25, 0.3) is 0 Å². The van der Waals surface area contributed by atoms with Gasteiger partial charge in [-0.3, -0.25) is 4.99 Å². The first-order chi connectivity index (χ1) is 5.38. The fraction of sp³-hybridized carbons (Fsp3) is 0.500. The fourth-order valence-electron chi connectivity index (χ4n) is 1.73. The molecule has 2 aliphatic rings. The summed E-state index contributed by atoms with van der Waals surface area (Å²) >= 11 is 0. The molecule has 0 saturated carbocycles. The smallest absolute Gasteiger partial charge is 0.0430 e. The molecule has 0 aromatic rings.